The van der Waals surface area contributed by atoms with Crippen LogP contribution in [0.4, 0.5) is 0 Å². The fourth-order valence-electron chi connectivity index (χ4n) is 1.52. The van der Waals surface area contributed by atoms with E-state index in [9.17, 15) is 10.2 Å². The maximum Gasteiger partial charge on any atom is 0.125 e. The Balaban J connectivity index is 3.06. The molecule has 17 heavy (non-hydrogen) atoms. The summed E-state index contributed by atoms with van der Waals surface area (Å²) >= 11 is 1.55. The number of thioether (sulfide) groups is 1. The number of ether oxygens (including phenoxy) is 1. The monoisotopic (exact) mass is 256 g/mol. The summed E-state index contributed by atoms with van der Waals surface area (Å²) in [5.74, 6) is 0.683. The predicted octanol–water partition coefficient (Wildman–Crippen LogP) is 2.61. The largest absolute Gasteiger partial charge is 0.496 e. The summed E-state index contributed by atoms with van der Waals surface area (Å²) in [5, 5.41) is 19.4. The highest BCUT2D eigenvalue weighted by Gasteiger charge is 2.18. The van der Waals surface area contributed by atoms with E-state index in [1.165, 1.54) is 0 Å². The Bertz CT molecular complexity index is 364. The smallest absolute Gasteiger partial charge is 0.125 e. The van der Waals surface area contributed by atoms with Gasteiger partial charge in [-0.15, -0.1) is 11.8 Å². The van der Waals surface area contributed by atoms with Gasteiger partial charge in [-0.25, -0.2) is 0 Å². The molecule has 0 bridgehead atoms. The van der Waals surface area contributed by atoms with Crippen molar-refractivity contribution in [1.82, 2.24) is 0 Å². The van der Waals surface area contributed by atoms with Crippen LogP contribution in [0.2, 0.25) is 0 Å². The fourth-order valence-corrected chi connectivity index (χ4v) is 2.67. The van der Waals surface area contributed by atoms with Crippen molar-refractivity contribution in [3.63, 3.8) is 0 Å². The molecule has 1 aromatic rings. The molecule has 0 heterocycles. The van der Waals surface area contributed by atoms with E-state index in [1.807, 2.05) is 25.1 Å². The van der Waals surface area contributed by atoms with Crippen LogP contribution in [0.1, 0.15) is 32.4 Å². The Morgan fingerprint density at radius 3 is 2.29 bits per heavy atom. The molecule has 96 valence electrons. The second-order valence-corrected chi connectivity index (χ2v) is 5.53. The highest BCUT2D eigenvalue weighted by Crippen LogP contribution is 2.37. The number of methoxy groups -OCH3 is 1. The molecule has 0 saturated heterocycles. The topological polar surface area (TPSA) is 49.7 Å². The average Bonchev–Trinajstić information content (AvgIpc) is 2.27. The minimum Gasteiger partial charge on any atom is -0.496 e. The number of rotatable bonds is 5. The zero-order valence-corrected chi connectivity index (χ0v) is 11.5. The van der Waals surface area contributed by atoms with E-state index in [0.717, 1.165) is 10.5 Å². The highest BCUT2D eigenvalue weighted by molar-refractivity contribution is 8.00. The van der Waals surface area contributed by atoms with E-state index in [-0.39, 0.29) is 5.25 Å². The average molecular weight is 256 g/mol. The van der Waals surface area contributed by atoms with Crippen LogP contribution in [0.3, 0.4) is 0 Å². The van der Waals surface area contributed by atoms with Crippen molar-refractivity contribution in [2.24, 2.45) is 0 Å². The lowest BCUT2D eigenvalue weighted by molar-refractivity contribution is 0.190. The summed E-state index contributed by atoms with van der Waals surface area (Å²) in [6.07, 6.45) is -0.983. The van der Waals surface area contributed by atoms with Crippen molar-refractivity contribution < 1.29 is 14.9 Å². The maximum atomic E-state index is 9.81. The van der Waals surface area contributed by atoms with E-state index in [0.29, 0.717) is 5.75 Å². The summed E-state index contributed by atoms with van der Waals surface area (Å²) in [4.78, 5) is 0.952. The van der Waals surface area contributed by atoms with Crippen LogP contribution < -0.4 is 4.74 Å². The van der Waals surface area contributed by atoms with Gasteiger partial charge in [0.05, 0.1) is 19.3 Å². The maximum absolute atomic E-state index is 9.81. The van der Waals surface area contributed by atoms with Crippen LogP contribution in [0.25, 0.3) is 0 Å². The minimum absolute atomic E-state index is 0.0691. The molecule has 0 amide bonds. The summed E-state index contributed by atoms with van der Waals surface area (Å²) in [6, 6.07) is 5.66. The molecule has 1 aromatic carbocycles. The van der Waals surface area contributed by atoms with E-state index in [1.54, 1.807) is 32.7 Å². The van der Waals surface area contributed by atoms with Crippen LogP contribution in [-0.4, -0.2) is 28.7 Å². The number of benzene rings is 1. The van der Waals surface area contributed by atoms with Gasteiger partial charge in [0, 0.05) is 15.7 Å². The van der Waals surface area contributed by atoms with Crippen molar-refractivity contribution in [2.75, 3.05) is 7.11 Å². The first-order valence-electron chi connectivity index (χ1n) is 5.67. The van der Waals surface area contributed by atoms with Crippen molar-refractivity contribution in [3.8, 4) is 5.75 Å². The lowest BCUT2D eigenvalue weighted by Crippen LogP contribution is -2.15. The Morgan fingerprint density at radius 2 is 1.82 bits per heavy atom. The van der Waals surface area contributed by atoms with Crippen LogP contribution in [-0.2, 0) is 0 Å². The Hall–Kier alpha value is -0.710. The van der Waals surface area contributed by atoms with Crippen LogP contribution >= 0.6 is 11.8 Å². The first-order chi connectivity index (χ1) is 7.97. The fraction of sp³-hybridized carbons (Fsp3) is 0.538. The molecule has 0 aliphatic heterocycles. The van der Waals surface area contributed by atoms with Crippen molar-refractivity contribution in [2.45, 2.75) is 43.1 Å². The van der Waals surface area contributed by atoms with Crippen molar-refractivity contribution in [3.05, 3.63) is 23.8 Å². The molecular formula is C13H20O3S. The molecule has 0 aliphatic carbocycles. The number of aliphatic hydroxyl groups is 2. The molecule has 1 rings (SSSR count). The normalized spacial score (nSPS) is 16.4. The molecule has 0 aromatic heterocycles. The van der Waals surface area contributed by atoms with E-state index in [4.69, 9.17) is 4.74 Å². The highest BCUT2D eigenvalue weighted by atomic mass is 32.2. The third-order valence-electron chi connectivity index (χ3n) is 2.66. The third kappa shape index (κ3) is 3.63. The van der Waals surface area contributed by atoms with E-state index < -0.39 is 12.2 Å². The zero-order chi connectivity index (χ0) is 13.0. The minimum atomic E-state index is -0.588. The number of hydrogen-bond donors (Lipinski definition) is 2. The standard InChI is InChI=1S/C13H20O3S/c1-8(14)10(3)17-12-7-5-6-11(16-4)13(12)9(2)15/h5-10,14-15H,1-4H3. The number of hydrogen-bond acceptors (Lipinski definition) is 4. The van der Waals surface area contributed by atoms with Gasteiger partial charge in [0.25, 0.3) is 0 Å². The zero-order valence-electron chi connectivity index (χ0n) is 10.7. The predicted molar refractivity (Wildman–Crippen MR) is 70.6 cm³/mol. The molecule has 3 nitrogen and oxygen atoms in total. The van der Waals surface area contributed by atoms with Gasteiger partial charge in [0.1, 0.15) is 5.75 Å². The van der Waals surface area contributed by atoms with E-state index >= 15 is 0 Å². The van der Waals surface area contributed by atoms with Crippen molar-refractivity contribution in [1.29, 1.82) is 0 Å². The van der Waals surface area contributed by atoms with E-state index in [2.05, 4.69) is 0 Å². The summed E-state index contributed by atoms with van der Waals surface area (Å²) < 4.78 is 5.25. The van der Waals surface area contributed by atoms with Gasteiger partial charge in [-0.2, -0.15) is 0 Å². The Morgan fingerprint density at radius 1 is 1.18 bits per heavy atom. The third-order valence-corrected chi connectivity index (χ3v) is 4.03. The lowest BCUT2D eigenvalue weighted by Gasteiger charge is -2.19. The molecule has 0 saturated carbocycles. The molecule has 0 fully saturated rings. The molecule has 4 heteroatoms. The van der Waals surface area contributed by atoms with Crippen LogP contribution in [0.15, 0.2) is 23.1 Å². The molecule has 3 atom stereocenters. The van der Waals surface area contributed by atoms with Gasteiger partial charge < -0.3 is 14.9 Å². The molecular weight excluding hydrogens is 236 g/mol. The van der Waals surface area contributed by atoms with Crippen LogP contribution in [0, 0.1) is 0 Å². The van der Waals surface area contributed by atoms with Crippen LogP contribution in [0.5, 0.6) is 5.75 Å². The summed E-state index contributed by atoms with van der Waals surface area (Å²) in [7, 11) is 1.59. The SMILES string of the molecule is COc1cccc(SC(C)C(C)O)c1C(C)O. The molecule has 0 aliphatic rings. The molecule has 3 unspecified atom stereocenters. The second-order valence-electron chi connectivity index (χ2n) is 4.11. The van der Waals surface area contributed by atoms with Gasteiger partial charge in [0.2, 0.25) is 0 Å². The summed E-state index contributed by atoms with van der Waals surface area (Å²) in [5.41, 5.74) is 0.785. The molecule has 0 radical (unpaired) electrons. The quantitative estimate of drug-likeness (QED) is 0.795. The second kappa shape index (κ2) is 6.28. The first-order valence-corrected chi connectivity index (χ1v) is 6.55. The molecule has 0 spiro atoms. The first kappa shape index (κ1) is 14.4. The van der Waals surface area contributed by atoms with Gasteiger partial charge in [0.15, 0.2) is 0 Å². The van der Waals surface area contributed by atoms with Gasteiger partial charge in [-0.3, -0.25) is 0 Å². The Labute approximate surface area is 107 Å². The number of aliphatic hydroxyl groups excluding tert-OH is 2. The Kier molecular flexibility index (Phi) is 5.31. The van der Waals surface area contributed by atoms with Gasteiger partial charge in [-0.1, -0.05) is 13.0 Å². The molecule has 2 N–H and O–H groups in total. The van der Waals surface area contributed by atoms with Crippen molar-refractivity contribution >= 4 is 11.8 Å². The van der Waals surface area contributed by atoms with Gasteiger partial charge >= 0.3 is 0 Å². The lowest BCUT2D eigenvalue weighted by atomic mass is 10.1. The van der Waals surface area contributed by atoms with Gasteiger partial charge in [-0.05, 0) is 26.0 Å². The summed E-state index contributed by atoms with van der Waals surface area (Å²) in [6.45, 7) is 5.44.